The molecule has 0 spiro atoms. The first-order chi connectivity index (χ1) is 11.5. The number of benzene rings is 2. The Balaban J connectivity index is 2.20. The number of nitriles is 1. The fourth-order valence-corrected chi connectivity index (χ4v) is 2.45. The van der Waals surface area contributed by atoms with Crippen LogP contribution in [0.3, 0.4) is 0 Å². The van der Waals surface area contributed by atoms with Gasteiger partial charge in [0.1, 0.15) is 17.4 Å². The lowest BCUT2D eigenvalue weighted by molar-refractivity contribution is -0.112. The second-order valence-corrected chi connectivity index (χ2v) is 5.53. The summed E-state index contributed by atoms with van der Waals surface area (Å²) in [6.45, 7) is 2.45. The van der Waals surface area contributed by atoms with Crippen LogP contribution in [-0.4, -0.2) is 12.5 Å². The lowest BCUT2D eigenvalue weighted by Crippen LogP contribution is -2.13. The molecular formula is C18H14Cl2N2O2. The van der Waals surface area contributed by atoms with Crippen molar-refractivity contribution in [3.05, 3.63) is 63.6 Å². The summed E-state index contributed by atoms with van der Waals surface area (Å²) in [5.41, 5.74) is 0.882. The van der Waals surface area contributed by atoms with Crippen LogP contribution in [0.4, 0.5) is 5.69 Å². The molecular weight excluding hydrogens is 347 g/mol. The molecule has 0 saturated heterocycles. The van der Waals surface area contributed by atoms with Crippen LogP contribution in [0.25, 0.3) is 6.08 Å². The van der Waals surface area contributed by atoms with Gasteiger partial charge in [0.15, 0.2) is 0 Å². The second-order valence-electron chi connectivity index (χ2n) is 4.72. The third-order valence-corrected chi connectivity index (χ3v) is 3.74. The lowest BCUT2D eigenvalue weighted by atomic mass is 10.1. The van der Waals surface area contributed by atoms with Crippen molar-refractivity contribution >= 4 is 40.9 Å². The average molecular weight is 361 g/mol. The van der Waals surface area contributed by atoms with E-state index in [1.54, 1.807) is 42.5 Å². The summed E-state index contributed by atoms with van der Waals surface area (Å²) in [5.74, 6) is 0.159. The van der Waals surface area contributed by atoms with Crippen LogP contribution >= 0.6 is 23.2 Å². The summed E-state index contributed by atoms with van der Waals surface area (Å²) in [6, 6.07) is 13.7. The third-order valence-electron chi connectivity index (χ3n) is 3.08. The Kier molecular flexibility index (Phi) is 6.25. The van der Waals surface area contributed by atoms with Crippen LogP contribution in [0.2, 0.25) is 10.0 Å². The van der Waals surface area contributed by atoms with Gasteiger partial charge >= 0.3 is 0 Å². The molecule has 0 saturated carbocycles. The Bertz CT molecular complexity index is 789. The van der Waals surface area contributed by atoms with Crippen molar-refractivity contribution in [3.63, 3.8) is 0 Å². The van der Waals surface area contributed by atoms with E-state index in [-0.39, 0.29) is 5.57 Å². The molecule has 1 amide bonds. The van der Waals surface area contributed by atoms with Crippen LogP contribution < -0.4 is 10.1 Å². The molecule has 0 fully saturated rings. The largest absolute Gasteiger partial charge is 0.494 e. The standard InChI is InChI=1S/C18H14Cl2N2O2/c1-2-24-14-8-6-13(7-9-14)22-18(23)12(11-21)10-15-16(19)4-3-5-17(15)20/h3-10H,2H2,1H3,(H,22,23)/b12-10-. The van der Waals surface area contributed by atoms with E-state index in [1.165, 1.54) is 6.08 Å². The van der Waals surface area contributed by atoms with Crippen molar-refractivity contribution in [2.75, 3.05) is 11.9 Å². The molecule has 0 aliphatic rings. The third kappa shape index (κ3) is 4.51. The van der Waals surface area contributed by atoms with Crippen molar-refractivity contribution in [1.29, 1.82) is 5.26 Å². The molecule has 4 nitrogen and oxygen atoms in total. The lowest BCUT2D eigenvalue weighted by Gasteiger charge is -2.07. The molecule has 122 valence electrons. The SMILES string of the molecule is CCOc1ccc(NC(=O)/C(C#N)=C\c2c(Cl)cccc2Cl)cc1. The van der Waals surface area contributed by atoms with Gasteiger partial charge in [0, 0.05) is 21.3 Å². The molecule has 6 heteroatoms. The Labute approximate surface area is 150 Å². The number of ether oxygens (including phenoxy) is 1. The minimum atomic E-state index is -0.544. The molecule has 1 N–H and O–H groups in total. The number of anilines is 1. The second kappa shape index (κ2) is 8.39. The molecule has 0 atom stereocenters. The summed E-state index contributed by atoms with van der Waals surface area (Å²) in [6.07, 6.45) is 1.37. The van der Waals surface area contributed by atoms with E-state index in [4.69, 9.17) is 27.9 Å². The zero-order valence-electron chi connectivity index (χ0n) is 12.8. The zero-order valence-corrected chi connectivity index (χ0v) is 14.4. The van der Waals surface area contributed by atoms with E-state index in [1.807, 2.05) is 13.0 Å². The van der Waals surface area contributed by atoms with Crippen molar-refractivity contribution in [2.45, 2.75) is 6.92 Å². The van der Waals surface area contributed by atoms with Crippen LogP contribution in [0.15, 0.2) is 48.0 Å². The highest BCUT2D eigenvalue weighted by Crippen LogP contribution is 2.27. The van der Waals surface area contributed by atoms with E-state index < -0.39 is 5.91 Å². The quantitative estimate of drug-likeness (QED) is 0.606. The van der Waals surface area contributed by atoms with Gasteiger partial charge in [-0.1, -0.05) is 29.3 Å². The van der Waals surface area contributed by atoms with Crippen molar-refractivity contribution in [1.82, 2.24) is 0 Å². The molecule has 2 aromatic rings. The number of nitrogens with one attached hydrogen (secondary N) is 1. The molecule has 0 heterocycles. The first-order valence-corrected chi connectivity index (χ1v) is 7.90. The monoisotopic (exact) mass is 360 g/mol. The molecule has 0 radical (unpaired) electrons. The number of halogens is 2. The predicted octanol–water partition coefficient (Wildman–Crippen LogP) is 4.94. The maximum atomic E-state index is 12.3. The number of nitrogens with zero attached hydrogens (tertiary/aromatic N) is 1. The van der Waals surface area contributed by atoms with Crippen LogP contribution in [-0.2, 0) is 4.79 Å². The number of carbonyl (C=O) groups is 1. The molecule has 0 aliphatic heterocycles. The summed E-state index contributed by atoms with van der Waals surface area (Å²) < 4.78 is 5.33. The van der Waals surface area contributed by atoms with Gasteiger partial charge in [-0.2, -0.15) is 5.26 Å². The number of amides is 1. The fourth-order valence-electron chi connectivity index (χ4n) is 1.94. The fraction of sp³-hybridized carbons (Fsp3) is 0.111. The van der Waals surface area contributed by atoms with Gasteiger partial charge in [0.05, 0.1) is 6.61 Å². The highest BCUT2D eigenvalue weighted by molar-refractivity contribution is 6.37. The van der Waals surface area contributed by atoms with Crippen LogP contribution in [0, 0.1) is 11.3 Å². The van der Waals surface area contributed by atoms with E-state index in [9.17, 15) is 10.1 Å². The minimum Gasteiger partial charge on any atom is -0.494 e. The Hall–Kier alpha value is -2.48. The molecule has 0 bridgehead atoms. The Morgan fingerprint density at radius 2 is 1.83 bits per heavy atom. The van der Waals surface area contributed by atoms with Gasteiger partial charge in [-0.3, -0.25) is 4.79 Å². The van der Waals surface area contributed by atoms with Crippen LogP contribution in [0.5, 0.6) is 5.75 Å². The first kappa shape index (κ1) is 17.9. The zero-order chi connectivity index (χ0) is 17.5. The highest BCUT2D eigenvalue weighted by atomic mass is 35.5. The molecule has 0 aliphatic carbocycles. The molecule has 0 aromatic heterocycles. The summed E-state index contributed by atoms with van der Waals surface area (Å²) in [4.78, 5) is 12.3. The van der Waals surface area contributed by atoms with E-state index in [2.05, 4.69) is 5.32 Å². The number of rotatable bonds is 5. The van der Waals surface area contributed by atoms with Gasteiger partial charge in [0.2, 0.25) is 0 Å². The maximum Gasteiger partial charge on any atom is 0.266 e. The van der Waals surface area contributed by atoms with Gasteiger partial charge in [-0.15, -0.1) is 0 Å². The minimum absolute atomic E-state index is 0.0983. The first-order valence-electron chi connectivity index (χ1n) is 7.15. The van der Waals surface area contributed by atoms with Gasteiger partial charge in [-0.25, -0.2) is 0 Å². The topological polar surface area (TPSA) is 62.1 Å². The maximum absolute atomic E-state index is 12.3. The van der Waals surface area contributed by atoms with E-state index in [0.717, 1.165) is 0 Å². The summed E-state index contributed by atoms with van der Waals surface area (Å²) in [5, 5.41) is 12.6. The highest BCUT2D eigenvalue weighted by Gasteiger charge is 2.12. The number of hydrogen-bond acceptors (Lipinski definition) is 3. The predicted molar refractivity (Wildman–Crippen MR) is 96.3 cm³/mol. The van der Waals surface area contributed by atoms with Crippen LogP contribution in [0.1, 0.15) is 12.5 Å². The normalized spacial score (nSPS) is 10.8. The summed E-state index contributed by atoms with van der Waals surface area (Å²) >= 11 is 12.1. The van der Waals surface area contributed by atoms with Crippen molar-refractivity contribution in [3.8, 4) is 11.8 Å². The van der Waals surface area contributed by atoms with E-state index >= 15 is 0 Å². The average Bonchev–Trinajstić information content (AvgIpc) is 2.56. The van der Waals surface area contributed by atoms with Gasteiger partial charge < -0.3 is 10.1 Å². The molecule has 24 heavy (non-hydrogen) atoms. The number of hydrogen-bond donors (Lipinski definition) is 1. The van der Waals surface area contributed by atoms with E-state index in [0.29, 0.717) is 33.7 Å². The molecule has 2 aromatic carbocycles. The smallest absolute Gasteiger partial charge is 0.266 e. The van der Waals surface area contributed by atoms with Crippen molar-refractivity contribution < 1.29 is 9.53 Å². The molecule has 0 unspecified atom stereocenters. The van der Waals surface area contributed by atoms with Gasteiger partial charge in [0.25, 0.3) is 5.91 Å². The van der Waals surface area contributed by atoms with Gasteiger partial charge in [-0.05, 0) is 49.4 Å². The Morgan fingerprint density at radius 1 is 1.21 bits per heavy atom. The Morgan fingerprint density at radius 3 is 2.38 bits per heavy atom. The molecule has 2 rings (SSSR count). The number of carbonyl (C=O) groups excluding carboxylic acids is 1. The van der Waals surface area contributed by atoms with Crippen molar-refractivity contribution in [2.24, 2.45) is 0 Å². The summed E-state index contributed by atoms with van der Waals surface area (Å²) in [7, 11) is 0.